The predicted molar refractivity (Wildman–Crippen MR) is 77.6 cm³/mol. The number of hydrogen-bond acceptors (Lipinski definition) is 4. The quantitative estimate of drug-likeness (QED) is 0.906. The molecule has 1 fully saturated rings. The fourth-order valence-corrected chi connectivity index (χ4v) is 2.74. The molecule has 0 bridgehead atoms. The molecule has 1 atom stereocenters. The van der Waals surface area contributed by atoms with Gasteiger partial charge >= 0.3 is 0 Å². The maximum Gasteiger partial charge on any atom is 0.239 e. The van der Waals surface area contributed by atoms with Crippen LogP contribution in [0.5, 0.6) is 0 Å². The number of nitrogens with zero attached hydrogens (tertiary/aromatic N) is 2. The number of aliphatic imine (C=N–C) groups is 1. The van der Waals surface area contributed by atoms with E-state index in [-0.39, 0.29) is 11.3 Å². The molecule has 0 saturated carbocycles. The lowest BCUT2D eigenvalue weighted by Crippen LogP contribution is -2.36. The van der Waals surface area contributed by atoms with Gasteiger partial charge in [0, 0.05) is 14.2 Å². The number of carbonyl (C=O) groups is 1. The highest BCUT2D eigenvalue weighted by molar-refractivity contribution is 8.14. The molecule has 0 aliphatic carbocycles. The van der Waals surface area contributed by atoms with Crippen molar-refractivity contribution in [2.45, 2.75) is 5.44 Å². The molecule has 1 unspecified atom stereocenters. The minimum atomic E-state index is -0.0295. The van der Waals surface area contributed by atoms with E-state index in [2.05, 4.69) is 10.3 Å². The van der Waals surface area contributed by atoms with E-state index in [0.717, 1.165) is 10.9 Å². The van der Waals surface area contributed by atoms with Crippen LogP contribution in [0.4, 0.5) is 5.69 Å². The number of likely N-dealkylation sites (N-methyl/N-ethyl adjacent to an activating group) is 1. The number of para-hydroxylation sites is 1. The zero-order valence-electron chi connectivity index (χ0n) is 11.0. The summed E-state index contributed by atoms with van der Waals surface area (Å²) >= 11 is 1.54. The Hall–Kier alpha value is -1.53. The highest BCUT2D eigenvalue weighted by atomic mass is 32.2. The third-order valence-electron chi connectivity index (χ3n) is 2.73. The summed E-state index contributed by atoms with van der Waals surface area (Å²) in [6.45, 7) is 0.968. The number of rotatable bonds is 4. The van der Waals surface area contributed by atoms with E-state index in [4.69, 9.17) is 4.74 Å². The van der Waals surface area contributed by atoms with Crippen molar-refractivity contribution in [2.24, 2.45) is 4.99 Å². The first-order chi connectivity index (χ1) is 9.22. The van der Waals surface area contributed by atoms with E-state index < -0.39 is 0 Å². The van der Waals surface area contributed by atoms with Gasteiger partial charge in [-0.1, -0.05) is 30.0 Å². The number of amides is 1. The molecule has 6 heteroatoms. The van der Waals surface area contributed by atoms with Crippen molar-refractivity contribution < 1.29 is 9.53 Å². The minimum Gasteiger partial charge on any atom is -0.368 e. The van der Waals surface area contributed by atoms with Crippen molar-refractivity contribution in [1.82, 2.24) is 10.2 Å². The second kappa shape index (κ2) is 6.58. The van der Waals surface area contributed by atoms with Crippen LogP contribution in [-0.4, -0.2) is 48.7 Å². The number of nitrogens with one attached hydrogen (secondary N) is 1. The Morgan fingerprint density at radius 1 is 1.53 bits per heavy atom. The number of amidine groups is 1. The SMILES string of the molecule is CNC(=O)CN1CC(OC)SC1=Nc1ccccc1. The Bertz CT molecular complexity index is 464. The lowest BCUT2D eigenvalue weighted by atomic mass is 10.3. The van der Waals surface area contributed by atoms with E-state index in [9.17, 15) is 4.79 Å². The van der Waals surface area contributed by atoms with Gasteiger partial charge in [0.25, 0.3) is 0 Å². The average Bonchev–Trinajstić information content (AvgIpc) is 2.82. The second-order valence-corrected chi connectivity index (χ2v) is 5.19. The lowest BCUT2D eigenvalue weighted by Gasteiger charge is -2.16. The normalized spacial score (nSPS) is 20.8. The van der Waals surface area contributed by atoms with Gasteiger partial charge in [-0.2, -0.15) is 0 Å². The Kier molecular flexibility index (Phi) is 4.81. The first-order valence-corrected chi connectivity index (χ1v) is 6.89. The third kappa shape index (κ3) is 3.71. The van der Waals surface area contributed by atoms with E-state index in [0.29, 0.717) is 13.1 Å². The molecule has 1 N–H and O–H groups in total. The van der Waals surface area contributed by atoms with E-state index in [1.165, 1.54) is 11.8 Å². The van der Waals surface area contributed by atoms with Crippen LogP contribution < -0.4 is 5.32 Å². The number of carbonyl (C=O) groups excluding carboxylic acids is 1. The van der Waals surface area contributed by atoms with Crippen molar-refractivity contribution in [1.29, 1.82) is 0 Å². The molecule has 19 heavy (non-hydrogen) atoms. The van der Waals surface area contributed by atoms with Gasteiger partial charge in [-0.15, -0.1) is 0 Å². The maximum atomic E-state index is 11.5. The average molecular weight is 279 g/mol. The van der Waals surface area contributed by atoms with Gasteiger partial charge in [0.15, 0.2) is 5.17 Å². The molecule has 0 aromatic heterocycles. The summed E-state index contributed by atoms with van der Waals surface area (Å²) in [5.41, 5.74) is 0.899. The van der Waals surface area contributed by atoms with Crippen LogP contribution in [0.25, 0.3) is 0 Å². The zero-order valence-corrected chi connectivity index (χ0v) is 11.8. The Labute approximate surface area is 117 Å². The fraction of sp³-hybridized carbons (Fsp3) is 0.385. The molecule has 1 aromatic carbocycles. The van der Waals surface area contributed by atoms with Gasteiger partial charge in [-0.25, -0.2) is 4.99 Å². The monoisotopic (exact) mass is 279 g/mol. The number of ether oxygens (including phenoxy) is 1. The smallest absolute Gasteiger partial charge is 0.239 e. The molecule has 102 valence electrons. The van der Waals surface area contributed by atoms with E-state index in [1.807, 2.05) is 35.2 Å². The van der Waals surface area contributed by atoms with Crippen LogP contribution >= 0.6 is 11.8 Å². The topological polar surface area (TPSA) is 53.9 Å². The molecule has 1 aromatic rings. The van der Waals surface area contributed by atoms with Gasteiger partial charge < -0.3 is 15.0 Å². The van der Waals surface area contributed by atoms with Crippen LogP contribution in [-0.2, 0) is 9.53 Å². The summed E-state index contributed by atoms with van der Waals surface area (Å²) in [5, 5.41) is 3.44. The molecule has 0 radical (unpaired) electrons. The summed E-state index contributed by atoms with van der Waals surface area (Å²) < 4.78 is 5.33. The van der Waals surface area contributed by atoms with Gasteiger partial charge in [-0.05, 0) is 12.1 Å². The summed E-state index contributed by atoms with van der Waals surface area (Å²) in [5.74, 6) is -0.0295. The number of hydrogen-bond donors (Lipinski definition) is 1. The van der Waals surface area contributed by atoms with Crippen LogP contribution in [0.1, 0.15) is 0 Å². The molecular weight excluding hydrogens is 262 g/mol. The maximum absolute atomic E-state index is 11.5. The van der Waals surface area contributed by atoms with Gasteiger partial charge in [0.05, 0.1) is 18.8 Å². The Morgan fingerprint density at radius 3 is 2.89 bits per heavy atom. The first-order valence-electron chi connectivity index (χ1n) is 6.01. The van der Waals surface area contributed by atoms with E-state index >= 15 is 0 Å². The van der Waals surface area contributed by atoms with Crippen molar-refractivity contribution in [3.05, 3.63) is 30.3 Å². The van der Waals surface area contributed by atoms with Crippen LogP contribution in [0.15, 0.2) is 35.3 Å². The minimum absolute atomic E-state index is 0.0205. The van der Waals surface area contributed by atoms with Crippen molar-refractivity contribution in [2.75, 3.05) is 27.2 Å². The first kappa shape index (κ1) is 13.9. The molecule has 1 heterocycles. The van der Waals surface area contributed by atoms with Gasteiger partial charge in [-0.3, -0.25) is 4.79 Å². The van der Waals surface area contributed by atoms with Gasteiger partial charge in [0.2, 0.25) is 5.91 Å². The molecular formula is C13H17N3O2S. The van der Waals surface area contributed by atoms with Gasteiger partial charge in [0.1, 0.15) is 5.44 Å². The van der Waals surface area contributed by atoms with Crippen molar-refractivity contribution in [3.63, 3.8) is 0 Å². The molecule has 0 spiro atoms. The molecule has 2 rings (SSSR count). The largest absolute Gasteiger partial charge is 0.368 e. The molecule has 1 amide bonds. The summed E-state index contributed by atoms with van der Waals surface area (Å²) in [6, 6.07) is 9.70. The third-order valence-corrected chi connectivity index (χ3v) is 3.90. The number of benzene rings is 1. The molecule has 1 aliphatic heterocycles. The van der Waals surface area contributed by atoms with Crippen LogP contribution in [0.2, 0.25) is 0 Å². The van der Waals surface area contributed by atoms with Crippen molar-refractivity contribution >= 4 is 28.5 Å². The van der Waals surface area contributed by atoms with E-state index in [1.54, 1.807) is 14.2 Å². The predicted octanol–water partition coefficient (Wildman–Crippen LogP) is 1.44. The Balaban J connectivity index is 2.15. The standard InChI is InChI=1S/C13H17N3O2S/c1-14-11(17)8-16-9-12(18-2)19-13(16)15-10-6-4-3-5-7-10/h3-7,12H,8-9H2,1-2H3,(H,14,17). The second-order valence-electron chi connectivity index (χ2n) is 4.07. The number of thioether (sulfide) groups is 1. The fourth-order valence-electron chi connectivity index (χ4n) is 1.70. The zero-order chi connectivity index (χ0) is 13.7. The lowest BCUT2D eigenvalue weighted by molar-refractivity contribution is -0.121. The Morgan fingerprint density at radius 2 is 2.26 bits per heavy atom. The summed E-state index contributed by atoms with van der Waals surface area (Å²) in [6.07, 6.45) is 0. The molecule has 5 nitrogen and oxygen atoms in total. The highest BCUT2D eigenvalue weighted by Crippen LogP contribution is 2.28. The van der Waals surface area contributed by atoms with Crippen LogP contribution in [0.3, 0.4) is 0 Å². The molecule has 1 saturated heterocycles. The summed E-state index contributed by atoms with van der Waals surface area (Å²) in [4.78, 5) is 18.0. The summed E-state index contributed by atoms with van der Waals surface area (Å²) in [7, 11) is 3.30. The van der Waals surface area contributed by atoms with Crippen LogP contribution in [0, 0.1) is 0 Å². The molecule has 1 aliphatic rings. The highest BCUT2D eigenvalue weighted by Gasteiger charge is 2.29. The number of methoxy groups -OCH3 is 1. The van der Waals surface area contributed by atoms with Crippen molar-refractivity contribution in [3.8, 4) is 0 Å².